The Morgan fingerprint density at radius 1 is 1.12 bits per heavy atom. The van der Waals surface area contributed by atoms with Crippen LogP contribution in [-0.4, -0.2) is 46.6 Å². The molecule has 0 unspecified atom stereocenters. The molecule has 1 aromatic carbocycles. The molecule has 26 heavy (non-hydrogen) atoms. The molecule has 138 valence electrons. The van der Waals surface area contributed by atoms with Crippen LogP contribution in [0.2, 0.25) is 0 Å². The molecule has 0 saturated heterocycles. The second kappa shape index (κ2) is 8.29. The first kappa shape index (κ1) is 19.9. The monoisotopic (exact) mass is 358 g/mol. The summed E-state index contributed by atoms with van der Waals surface area (Å²) >= 11 is 0. The highest BCUT2D eigenvalue weighted by Gasteiger charge is 2.30. The summed E-state index contributed by atoms with van der Waals surface area (Å²) in [5.74, 6) is -1.82. The van der Waals surface area contributed by atoms with E-state index in [2.05, 4.69) is 10.6 Å². The van der Waals surface area contributed by atoms with Crippen molar-refractivity contribution in [2.45, 2.75) is 39.2 Å². The van der Waals surface area contributed by atoms with Crippen molar-refractivity contribution in [3.8, 4) is 0 Å². The number of benzene rings is 1. The third kappa shape index (κ3) is 4.59. The molecular formula is C18H23BN2O5. The molecule has 0 spiro atoms. The van der Waals surface area contributed by atoms with Gasteiger partial charge in [0.25, 0.3) is 0 Å². The number of hydrogen-bond donors (Lipinski definition) is 4. The van der Waals surface area contributed by atoms with E-state index in [9.17, 15) is 24.4 Å². The van der Waals surface area contributed by atoms with Gasteiger partial charge in [-0.15, -0.1) is 0 Å². The van der Waals surface area contributed by atoms with Gasteiger partial charge in [-0.3, -0.25) is 14.4 Å². The molecule has 4 N–H and O–H groups in total. The van der Waals surface area contributed by atoms with E-state index in [4.69, 9.17) is 0 Å². The van der Waals surface area contributed by atoms with Gasteiger partial charge < -0.3 is 20.7 Å². The lowest BCUT2D eigenvalue weighted by atomic mass is 9.75. The van der Waals surface area contributed by atoms with Gasteiger partial charge in [-0.1, -0.05) is 38.1 Å². The van der Waals surface area contributed by atoms with E-state index in [1.165, 1.54) is 13.0 Å². The third-order valence-electron chi connectivity index (χ3n) is 4.14. The molecule has 0 bridgehead atoms. The maximum atomic E-state index is 12.5. The molecule has 0 heterocycles. The van der Waals surface area contributed by atoms with E-state index in [0.717, 1.165) is 0 Å². The highest BCUT2D eigenvalue weighted by Crippen LogP contribution is 2.20. The van der Waals surface area contributed by atoms with Crippen LogP contribution in [0.3, 0.4) is 0 Å². The van der Waals surface area contributed by atoms with Gasteiger partial charge in [0.2, 0.25) is 11.7 Å². The number of ketones is 2. The molecule has 2 atom stereocenters. The zero-order valence-corrected chi connectivity index (χ0v) is 15.0. The number of rotatable bonds is 7. The van der Waals surface area contributed by atoms with Crippen molar-refractivity contribution in [1.29, 1.82) is 0 Å². The van der Waals surface area contributed by atoms with Gasteiger partial charge >= 0.3 is 7.12 Å². The van der Waals surface area contributed by atoms with Crippen LogP contribution in [0.25, 0.3) is 0 Å². The van der Waals surface area contributed by atoms with Crippen LogP contribution in [0.1, 0.15) is 47.9 Å². The fourth-order valence-corrected chi connectivity index (χ4v) is 2.79. The lowest BCUT2D eigenvalue weighted by molar-refractivity contribution is -0.123. The van der Waals surface area contributed by atoms with Crippen molar-refractivity contribution in [3.05, 3.63) is 47.2 Å². The van der Waals surface area contributed by atoms with Gasteiger partial charge in [-0.05, 0) is 19.3 Å². The molecule has 2 rings (SSSR count). The summed E-state index contributed by atoms with van der Waals surface area (Å²) in [6.45, 7) is 5.33. The summed E-state index contributed by atoms with van der Waals surface area (Å²) in [6.07, 6.45) is 1.57. The number of amides is 1. The summed E-state index contributed by atoms with van der Waals surface area (Å²) in [4.78, 5) is 37.0. The quantitative estimate of drug-likeness (QED) is 0.527. The average Bonchev–Trinajstić information content (AvgIpc) is 2.58. The maximum absolute atomic E-state index is 12.5. The summed E-state index contributed by atoms with van der Waals surface area (Å²) in [7, 11) is -1.68. The highest BCUT2D eigenvalue weighted by molar-refractivity contribution is 6.43. The fourth-order valence-electron chi connectivity index (χ4n) is 2.79. The van der Waals surface area contributed by atoms with Crippen molar-refractivity contribution in [1.82, 2.24) is 10.6 Å². The normalized spacial score (nSPS) is 15.8. The molecule has 8 heteroatoms. The zero-order valence-electron chi connectivity index (χ0n) is 15.0. The van der Waals surface area contributed by atoms with Gasteiger partial charge in [-0.2, -0.15) is 0 Å². The zero-order chi connectivity index (χ0) is 19.4. The van der Waals surface area contributed by atoms with Gasteiger partial charge in [0.1, 0.15) is 6.04 Å². The average molecular weight is 358 g/mol. The van der Waals surface area contributed by atoms with Crippen LogP contribution in [0.4, 0.5) is 0 Å². The molecule has 7 nitrogen and oxygen atoms in total. The Morgan fingerprint density at radius 3 is 2.31 bits per heavy atom. The Hall–Kier alpha value is -2.45. The Balaban J connectivity index is 2.07. The van der Waals surface area contributed by atoms with E-state index >= 15 is 0 Å². The number of nitrogens with one attached hydrogen (secondary N) is 2. The van der Waals surface area contributed by atoms with Gasteiger partial charge in [0.05, 0.1) is 11.6 Å². The van der Waals surface area contributed by atoms with Crippen LogP contribution in [-0.2, 0) is 4.79 Å². The number of carbonyl (C=O) groups is 3. The standard InChI is InChI=1S/C18H23BN2O5/c1-10(2)8-16(19(25)26)21-18(24)11(3)20-14-9-15(22)12-6-4-5-7-13(12)17(14)23/h4-7,9-11,16,20,25-26H,8H2,1-3H3,(H,21,24)/t11-,16-/m0/s1. The Labute approximate surface area is 152 Å². The number of fused-ring (bicyclic) bond motifs is 1. The van der Waals surface area contributed by atoms with Gasteiger partial charge in [0, 0.05) is 17.2 Å². The molecule has 0 fully saturated rings. The predicted octanol–water partition coefficient (Wildman–Crippen LogP) is 0.471. The summed E-state index contributed by atoms with van der Waals surface area (Å²) in [6, 6.07) is 5.66. The molecular weight excluding hydrogens is 335 g/mol. The van der Waals surface area contributed by atoms with Crippen LogP contribution in [0.15, 0.2) is 36.0 Å². The van der Waals surface area contributed by atoms with E-state index in [-0.39, 0.29) is 23.2 Å². The predicted molar refractivity (Wildman–Crippen MR) is 97.4 cm³/mol. The number of Topliss-reactive ketones (excluding diaryl/α,β-unsaturated/α-hetero) is 1. The Kier molecular flexibility index (Phi) is 6.34. The first-order chi connectivity index (χ1) is 12.2. The smallest absolute Gasteiger partial charge is 0.426 e. The summed E-state index contributed by atoms with van der Waals surface area (Å²) in [5.41, 5.74) is 0.667. The largest absolute Gasteiger partial charge is 0.475 e. The summed E-state index contributed by atoms with van der Waals surface area (Å²) in [5, 5.41) is 24.1. The van der Waals surface area contributed by atoms with Crippen molar-refractivity contribution in [2.24, 2.45) is 5.92 Å². The van der Waals surface area contributed by atoms with Gasteiger partial charge in [-0.25, -0.2) is 0 Å². The number of carbonyl (C=O) groups excluding carboxylic acids is 3. The highest BCUT2D eigenvalue weighted by atomic mass is 16.4. The van der Waals surface area contributed by atoms with Crippen molar-refractivity contribution in [2.75, 3.05) is 0 Å². The van der Waals surface area contributed by atoms with Crippen molar-refractivity contribution >= 4 is 24.6 Å². The maximum Gasteiger partial charge on any atom is 0.475 e. The van der Waals surface area contributed by atoms with Crippen LogP contribution in [0.5, 0.6) is 0 Å². The SMILES string of the molecule is CC(C)C[C@H](NC(=O)[C@H](C)NC1=CC(=O)c2ccccc2C1=O)B(O)O. The first-order valence-electron chi connectivity index (χ1n) is 8.53. The molecule has 0 saturated carbocycles. The van der Waals surface area contributed by atoms with E-state index in [1.54, 1.807) is 24.3 Å². The van der Waals surface area contributed by atoms with E-state index < -0.39 is 25.0 Å². The molecule has 0 aliphatic heterocycles. The van der Waals surface area contributed by atoms with Crippen LogP contribution in [0, 0.1) is 5.92 Å². The minimum Gasteiger partial charge on any atom is -0.426 e. The van der Waals surface area contributed by atoms with E-state index in [1.807, 2.05) is 13.8 Å². The summed E-state index contributed by atoms with van der Waals surface area (Å²) < 4.78 is 0. The Morgan fingerprint density at radius 2 is 1.73 bits per heavy atom. The lowest BCUT2D eigenvalue weighted by Crippen LogP contribution is -2.52. The molecule has 1 amide bonds. The molecule has 1 aliphatic carbocycles. The third-order valence-corrected chi connectivity index (χ3v) is 4.14. The number of allylic oxidation sites excluding steroid dienone is 2. The molecule has 1 aromatic rings. The minimum atomic E-state index is -1.68. The number of hydrogen-bond acceptors (Lipinski definition) is 6. The fraction of sp³-hybridized carbons (Fsp3) is 0.389. The second-order valence-electron chi connectivity index (χ2n) is 6.82. The van der Waals surface area contributed by atoms with Crippen molar-refractivity contribution < 1.29 is 24.4 Å². The second-order valence-corrected chi connectivity index (χ2v) is 6.82. The lowest BCUT2D eigenvalue weighted by Gasteiger charge is -2.24. The molecule has 1 aliphatic rings. The van der Waals surface area contributed by atoms with Crippen LogP contribution >= 0.6 is 0 Å². The molecule has 0 aromatic heterocycles. The van der Waals surface area contributed by atoms with Crippen molar-refractivity contribution in [3.63, 3.8) is 0 Å². The topological polar surface area (TPSA) is 116 Å². The van der Waals surface area contributed by atoms with Gasteiger partial charge in [0.15, 0.2) is 5.78 Å². The molecule has 0 radical (unpaired) electrons. The first-order valence-corrected chi connectivity index (χ1v) is 8.53. The van der Waals surface area contributed by atoms with E-state index in [0.29, 0.717) is 17.5 Å². The van der Waals surface area contributed by atoms with Crippen LogP contribution < -0.4 is 10.6 Å². The minimum absolute atomic E-state index is 0.0429. The Bertz CT molecular complexity index is 745.